The van der Waals surface area contributed by atoms with Crippen molar-refractivity contribution in [3.63, 3.8) is 0 Å². The maximum Gasteiger partial charge on any atom is 0.410 e. The summed E-state index contributed by atoms with van der Waals surface area (Å²) >= 11 is 0. The van der Waals surface area contributed by atoms with Crippen molar-refractivity contribution in [1.29, 1.82) is 5.26 Å². The highest BCUT2D eigenvalue weighted by molar-refractivity contribution is 5.68. The van der Waals surface area contributed by atoms with E-state index in [-0.39, 0.29) is 12.3 Å². The molecule has 0 spiro atoms. The van der Waals surface area contributed by atoms with Crippen LogP contribution in [0.15, 0.2) is 24.3 Å². The maximum atomic E-state index is 12.1. The van der Waals surface area contributed by atoms with Crippen LogP contribution in [0.3, 0.4) is 0 Å². The summed E-state index contributed by atoms with van der Waals surface area (Å²) in [5.41, 5.74) is 6.92. The Labute approximate surface area is 136 Å². The lowest BCUT2D eigenvalue weighted by Crippen LogP contribution is -2.53. The van der Waals surface area contributed by atoms with Crippen LogP contribution in [0.5, 0.6) is 0 Å². The Bertz CT molecular complexity index is 574. The van der Waals surface area contributed by atoms with Gasteiger partial charge in [-0.25, -0.2) is 10.2 Å². The molecule has 7 nitrogen and oxygen atoms in total. The summed E-state index contributed by atoms with van der Waals surface area (Å²) in [7, 11) is 0. The minimum absolute atomic E-state index is 0.341. The smallest absolute Gasteiger partial charge is 0.410 e. The predicted octanol–water partition coefficient (Wildman–Crippen LogP) is 2.07. The zero-order chi connectivity index (χ0) is 16.9. The molecule has 2 N–H and O–H groups in total. The fraction of sp³-hybridized carbons (Fsp3) is 0.500. The standard InChI is InChI=1S/C16H22N4O3/c1-16(2,3)23-15(21)20-8-9-22-14(11-20)19-18-13-6-4-12(10-17)5-7-13/h4-7,14,18-19H,8-9,11H2,1-3H3. The number of ether oxygens (including phenoxy) is 2. The third-order valence-corrected chi connectivity index (χ3v) is 3.11. The number of amides is 1. The lowest BCUT2D eigenvalue weighted by Gasteiger charge is -2.34. The van der Waals surface area contributed by atoms with Gasteiger partial charge in [0.1, 0.15) is 11.8 Å². The molecule has 1 saturated heterocycles. The second-order valence-corrected chi connectivity index (χ2v) is 6.24. The molecule has 124 valence electrons. The van der Waals surface area contributed by atoms with Crippen molar-refractivity contribution in [2.75, 3.05) is 25.1 Å². The largest absolute Gasteiger partial charge is 0.444 e. The number of carbonyl (C=O) groups excluding carboxylic acids is 1. The minimum atomic E-state index is -0.515. The van der Waals surface area contributed by atoms with Gasteiger partial charge >= 0.3 is 6.09 Å². The molecule has 1 aromatic carbocycles. The van der Waals surface area contributed by atoms with Gasteiger partial charge in [0.2, 0.25) is 0 Å². The van der Waals surface area contributed by atoms with Gasteiger partial charge in [-0.1, -0.05) is 0 Å². The Hall–Kier alpha value is -2.30. The Kier molecular flexibility index (Phi) is 5.42. The van der Waals surface area contributed by atoms with Gasteiger partial charge < -0.3 is 19.8 Å². The number of nitriles is 1. The number of hydrogen-bond acceptors (Lipinski definition) is 6. The maximum absolute atomic E-state index is 12.1. The van der Waals surface area contributed by atoms with Crippen LogP contribution in [-0.4, -0.2) is 42.5 Å². The Morgan fingerprint density at radius 1 is 1.39 bits per heavy atom. The third-order valence-electron chi connectivity index (χ3n) is 3.11. The molecular weight excluding hydrogens is 296 g/mol. The second-order valence-electron chi connectivity index (χ2n) is 6.24. The van der Waals surface area contributed by atoms with E-state index in [0.29, 0.717) is 25.3 Å². The SMILES string of the molecule is CC(C)(C)OC(=O)N1CCOC(NNc2ccc(C#N)cc2)C1. The van der Waals surface area contributed by atoms with Crippen molar-refractivity contribution >= 4 is 11.8 Å². The summed E-state index contributed by atoms with van der Waals surface area (Å²) in [6, 6.07) is 9.09. The van der Waals surface area contributed by atoms with E-state index in [1.165, 1.54) is 0 Å². The number of hydrogen-bond donors (Lipinski definition) is 2. The molecule has 1 amide bonds. The zero-order valence-corrected chi connectivity index (χ0v) is 13.6. The van der Waals surface area contributed by atoms with Crippen LogP contribution < -0.4 is 10.9 Å². The molecule has 1 aliphatic heterocycles. The van der Waals surface area contributed by atoms with Crippen LogP contribution in [0, 0.1) is 11.3 Å². The van der Waals surface area contributed by atoms with Gasteiger partial charge in [-0.15, -0.1) is 0 Å². The fourth-order valence-electron chi connectivity index (χ4n) is 2.02. The van der Waals surface area contributed by atoms with Gasteiger partial charge in [0.05, 0.1) is 24.8 Å². The molecule has 0 aliphatic carbocycles. The summed E-state index contributed by atoms with van der Waals surface area (Å²) in [4.78, 5) is 13.7. The first-order valence-electron chi connectivity index (χ1n) is 7.48. The summed E-state index contributed by atoms with van der Waals surface area (Å²) in [5, 5.41) is 8.77. The average molecular weight is 318 g/mol. The topological polar surface area (TPSA) is 86.6 Å². The average Bonchev–Trinajstić information content (AvgIpc) is 2.52. The summed E-state index contributed by atoms with van der Waals surface area (Å²) in [5.74, 6) is 0. The molecule has 23 heavy (non-hydrogen) atoms. The van der Waals surface area contributed by atoms with E-state index in [0.717, 1.165) is 5.69 Å². The van der Waals surface area contributed by atoms with E-state index >= 15 is 0 Å². The normalized spacial score (nSPS) is 18.2. The number of benzene rings is 1. The highest BCUT2D eigenvalue weighted by Gasteiger charge is 2.27. The van der Waals surface area contributed by atoms with Gasteiger partial charge in [-0.2, -0.15) is 5.26 Å². The van der Waals surface area contributed by atoms with Crippen LogP contribution >= 0.6 is 0 Å². The van der Waals surface area contributed by atoms with E-state index in [1.54, 1.807) is 29.2 Å². The number of carbonyl (C=O) groups is 1. The van der Waals surface area contributed by atoms with Gasteiger partial charge in [-0.05, 0) is 45.0 Å². The lowest BCUT2D eigenvalue weighted by molar-refractivity contribution is -0.0515. The van der Waals surface area contributed by atoms with Gasteiger partial charge in [-0.3, -0.25) is 0 Å². The molecule has 0 saturated carbocycles. The van der Waals surface area contributed by atoms with Crippen molar-refractivity contribution in [2.24, 2.45) is 0 Å². The Morgan fingerprint density at radius 2 is 2.09 bits per heavy atom. The highest BCUT2D eigenvalue weighted by Crippen LogP contribution is 2.13. The van der Waals surface area contributed by atoms with Crippen LogP contribution in [0.25, 0.3) is 0 Å². The van der Waals surface area contributed by atoms with E-state index in [2.05, 4.69) is 16.9 Å². The van der Waals surface area contributed by atoms with Gasteiger partial charge in [0, 0.05) is 12.2 Å². The molecule has 1 aromatic rings. The molecule has 1 fully saturated rings. The van der Waals surface area contributed by atoms with E-state index < -0.39 is 5.60 Å². The quantitative estimate of drug-likeness (QED) is 0.830. The molecule has 0 aromatic heterocycles. The highest BCUT2D eigenvalue weighted by atomic mass is 16.6. The van der Waals surface area contributed by atoms with Crippen molar-refractivity contribution < 1.29 is 14.3 Å². The Balaban J connectivity index is 1.84. The molecule has 0 bridgehead atoms. The third kappa shape index (κ3) is 5.43. The number of morpholine rings is 1. The van der Waals surface area contributed by atoms with Crippen LogP contribution in [0.1, 0.15) is 26.3 Å². The molecule has 7 heteroatoms. The van der Waals surface area contributed by atoms with Crippen LogP contribution in [-0.2, 0) is 9.47 Å². The summed E-state index contributed by atoms with van der Waals surface area (Å²) in [6.45, 7) is 6.85. The molecule has 1 unspecified atom stereocenters. The van der Waals surface area contributed by atoms with Crippen molar-refractivity contribution in [2.45, 2.75) is 32.6 Å². The van der Waals surface area contributed by atoms with Crippen molar-refractivity contribution in [3.05, 3.63) is 29.8 Å². The van der Waals surface area contributed by atoms with Gasteiger partial charge in [0.25, 0.3) is 0 Å². The van der Waals surface area contributed by atoms with E-state index in [4.69, 9.17) is 14.7 Å². The molecule has 2 rings (SSSR count). The number of rotatable bonds is 3. The first-order chi connectivity index (χ1) is 10.9. The minimum Gasteiger partial charge on any atom is -0.444 e. The predicted molar refractivity (Wildman–Crippen MR) is 85.5 cm³/mol. The van der Waals surface area contributed by atoms with Crippen LogP contribution in [0.2, 0.25) is 0 Å². The monoisotopic (exact) mass is 318 g/mol. The van der Waals surface area contributed by atoms with Crippen molar-refractivity contribution in [3.8, 4) is 6.07 Å². The molecule has 1 heterocycles. The Morgan fingerprint density at radius 3 is 2.70 bits per heavy atom. The summed E-state index contributed by atoms with van der Waals surface area (Å²) < 4.78 is 10.9. The second kappa shape index (κ2) is 7.31. The molecule has 1 aliphatic rings. The van der Waals surface area contributed by atoms with E-state index in [1.807, 2.05) is 20.8 Å². The fourth-order valence-corrected chi connectivity index (χ4v) is 2.02. The lowest BCUT2D eigenvalue weighted by atomic mass is 10.2. The van der Waals surface area contributed by atoms with Gasteiger partial charge in [0.15, 0.2) is 0 Å². The number of anilines is 1. The first-order valence-corrected chi connectivity index (χ1v) is 7.48. The summed E-state index contributed by atoms with van der Waals surface area (Å²) in [6.07, 6.45) is -0.683. The molecule has 1 atom stereocenters. The molecule has 0 radical (unpaired) electrons. The van der Waals surface area contributed by atoms with E-state index in [9.17, 15) is 4.79 Å². The molecular formula is C16H22N4O3. The zero-order valence-electron chi connectivity index (χ0n) is 13.6. The first kappa shape index (κ1) is 17.1. The van der Waals surface area contributed by atoms with Crippen LogP contribution in [0.4, 0.5) is 10.5 Å². The number of hydrazine groups is 1. The van der Waals surface area contributed by atoms with Crippen molar-refractivity contribution in [1.82, 2.24) is 10.3 Å². The number of nitrogens with one attached hydrogen (secondary N) is 2. The number of nitrogens with zero attached hydrogens (tertiary/aromatic N) is 2.